The van der Waals surface area contributed by atoms with Gasteiger partial charge < -0.3 is 25.0 Å². The molecule has 0 atom stereocenters. The minimum absolute atomic E-state index is 0.00208. The molecule has 2 aliphatic rings. The number of benzene rings is 1. The van der Waals surface area contributed by atoms with E-state index in [-0.39, 0.29) is 30.4 Å². The van der Waals surface area contributed by atoms with Gasteiger partial charge in [0.25, 0.3) is 0 Å². The minimum atomic E-state index is -0.103. The van der Waals surface area contributed by atoms with E-state index in [9.17, 15) is 9.59 Å². The van der Waals surface area contributed by atoms with E-state index in [1.54, 1.807) is 7.11 Å². The molecule has 8 heteroatoms. The molecule has 7 nitrogen and oxygen atoms in total. The molecule has 1 aromatic rings. The second kappa shape index (κ2) is 13.8. The summed E-state index contributed by atoms with van der Waals surface area (Å²) in [5.41, 5.74) is 2.17. The third-order valence-electron chi connectivity index (χ3n) is 6.17. The number of nitrogens with one attached hydrogen (secondary N) is 2. The lowest BCUT2D eigenvalue weighted by atomic mass is 9.85. The van der Waals surface area contributed by atoms with Crippen LogP contribution in [0.3, 0.4) is 0 Å². The van der Waals surface area contributed by atoms with Crippen LogP contribution in [0.25, 0.3) is 0 Å². The maximum atomic E-state index is 12.7. The van der Waals surface area contributed by atoms with Crippen LogP contribution in [0.1, 0.15) is 31.2 Å². The molecule has 2 N–H and O–H groups in total. The van der Waals surface area contributed by atoms with Crippen molar-refractivity contribution in [2.75, 3.05) is 63.4 Å². The van der Waals surface area contributed by atoms with Gasteiger partial charge in [0, 0.05) is 55.9 Å². The number of carbonyl (C=O) groups is 2. The molecule has 32 heavy (non-hydrogen) atoms. The summed E-state index contributed by atoms with van der Waals surface area (Å²) in [4.78, 5) is 27.1. The lowest BCUT2D eigenvalue weighted by molar-refractivity contribution is -0.127. The van der Waals surface area contributed by atoms with Crippen molar-refractivity contribution in [1.82, 2.24) is 10.2 Å². The van der Waals surface area contributed by atoms with Gasteiger partial charge in [-0.05, 0) is 49.8 Å². The smallest absolute Gasteiger partial charge is 0.246 e. The van der Waals surface area contributed by atoms with Gasteiger partial charge in [-0.25, -0.2) is 0 Å². The second-order valence-corrected chi connectivity index (χ2v) is 9.78. The van der Waals surface area contributed by atoms with Crippen LogP contribution in [0.15, 0.2) is 24.3 Å². The van der Waals surface area contributed by atoms with Crippen molar-refractivity contribution in [3.63, 3.8) is 0 Å². The largest absolute Gasteiger partial charge is 0.382 e. The van der Waals surface area contributed by atoms with E-state index in [0.717, 1.165) is 44.3 Å². The minimum Gasteiger partial charge on any atom is -0.382 e. The van der Waals surface area contributed by atoms with Crippen molar-refractivity contribution < 1.29 is 19.1 Å². The van der Waals surface area contributed by atoms with Crippen molar-refractivity contribution >= 4 is 29.3 Å². The zero-order valence-corrected chi connectivity index (χ0v) is 20.0. The Hall–Kier alpha value is -1.61. The van der Waals surface area contributed by atoms with Crippen LogP contribution in [-0.2, 0) is 25.5 Å². The highest BCUT2D eigenvalue weighted by molar-refractivity contribution is 7.99. The maximum absolute atomic E-state index is 12.7. The highest BCUT2D eigenvalue weighted by Crippen LogP contribution is 2.26. The van der Waals surface area contributed by atoms with Crippen molar-refractivity contribution in [1.29, 1.82) is 0 Å². The van der Waals surface area contributed by atoms with Crippen molar-refractivity contribution in [2.24, 2.45) is 5.92 Å². The van der Waals surface area contributed by atoms with Crippen LogP contribution in [0.4, 0.5) is 5.69 Å². The van der Waals surface area contributed by atoms with Gasteiger partial charge in [0.05, 0.1) is 13.2 Å². The zero-order chi connectivity index (χ0) is 22.6. The Morgan fingerprint density at radius 1 is 1.06 bits per heavy atom. The van der Waals surface area contributed by atoms with E-state index >= 15 is 0 Å². The lowest BCUT2D eigenvalue weighted by Gasteiger charge is -2.28. The molecule has 1 saturated carbocycles. The van der Waals surface area contributed by atoms with Gasteiger partial charge in [-0.3, -0.25) is 9.59 Å². The van der Waals surface area contributed by atoms with Crippen LogP contribution < -0.4 is 10.6 Å². The van der Waals surface area contributed by atoms with Gasteiger partial charge in [0.15, 0.2) is 0 Å². The molecule has 1 saturated heterocycles. The average molecular weight is 464 g/mol. The summed E-state index contributed by atoms with van der Waals surface area (Å²) < 4.78 is 10.1. The fourth-order valence-electron chi connectivity index (χ4n) is 4.19. The number of carbonyl (C=O) groups excluding carboxylic acids is 2. The van der Waals surface area contributed by atoms with Gasteiger partial charge in [-0.1, -0.05) is 12.1 Å². The molecule has 0 unspecified atom stereocenters. The number of rotatable bonds is 11. The molecule has 1 heterocycles. The number of amides is 2. The molecule has 2 fully saturated rings. The van der Waals surface area contributed by atoms with Crippen molar-refractivity contribution in [3.05, 3.63) is 29.8 Å². The van der Waals surface area contributed by atoms with Crippen LogP contribution >= 0.6 is 11.8 Å². The number of methoxy groups -OCH3 is 1. The van der Waals surface area contributed by atoms with Crippen LogP contribution in [-0.4, -0.2) is 80.8 Å². The highest BCUT2D eigenvalue weighted by atomic mass is 32.2. The number of ether oxygens (including phenoxy) is 2. The molecule has 3 rings (SSSR count). The molecular formula is C24H37N3O4S. The molecule has 0 aromatic heterocycles. The van der Waals surface area contributed by atoms with Gasteiger partial charge in [-0.2, -0.15) is 11.8 Å². The molecule has 1 aromatic carbocycles. The predicted molar refractivity (Wildman–Crippen MR) is 129 cm³/mol. The van der Waals surface area contributed by atoms with Gasteiger partial charge in [0.1, 0.15) is 6.61 Å². The van der Waals surface area contributed by atoms with Crippen molar-refractivity contribution in [3.8, 4) is 0 Å². The van der Waals surface area contributed by atoms with E-state index in [1.165, 1.54) is 30.2 Å². The zero-order valence-electron chi connectivity index (χ0n) is 19.1. The monoisotopic (exact) mass is 463 g/mol. The molecule has 1 aliphatic carbocycles. The highest BCUT2D eigenvalue weighted by Gasteiger charge is 2.27. The Morgan fingerprint density at radius 2 is 1.78 bits per heavy atom. The molecule has 1 aliphatic heterocycles. The number of hydrogen-bond acceptors (Lipinski definition) is 6. The fourth-order valence-corrected chi connectivity index (χ4v) is 5.17. The van der Waals surface area contributed by atoms with Crippen LogP contribution in [0, 0.1) is 5.92 Å². The first-order valence-corrected chi connectivity index (χ1v) is 12.9. The van der Waals surface area contributed by atoms with E-state index < -0.39 is 0 Å². The lowest BCUT2D eigenvalue weighted by Crippen LogP contribution is -2.41. The Morgan fingerprint density at radius 3 is 2.47 bits per heavy atom. The second-order valence-electron chi connectivity index (χ2n) is 8.55. The summed E-state index contributed by atoms with van der Waals surface area (Å²) in [5.74, 6) is 2.45. The molecule has 2 amide bonds. The van der Waals surface area contributed by atoms with Crippen LogP contribution in [0.2, 0.25) is 0 Å². The average Bonchev–Trinajstić information content (AvgIpc) is 2.82. The fraction of sp³-hybridized carbons (Fsp3) is 0.667. The van der Waals surface area contributed by atoms with E-state index in [4.69, 9.17) is 9.47 Å². The maximum Gasteiger partial charge on any atom is 0.246 e. The SMILES string of the molecule is COCCOCC(=O)NC1CCC(C(=O)Nc2ccc(CCN3CCSCC3)cc2)CC1. The first-order chi connectivity index (χ1) is 15.6. The van der Waals surface area contributed by atoms with Gasteiger partial charge in [-0.15, -0.1) is 0 Å². The van der Waals surface area contributed by atoms with Gasteiger partial charge >= 0.3 is 0 Å². The Kier molecular flexibility index (Phi) is 10.8. The summed E-state index contributed by atoms with van der Waals surface area (Å²) in [5, 5.41) is 6.07. The third kappa shape index (κ3) is 8.73. The van der Waals surface area contributed by atoms with E-state index in [2.05, 4.69) is 27.7 Å². The topological polar surface area (TPSA) is 79.9 Å². The predicted octanol–water partition coefficient (Wildman–Crippen LogP) is 2.55. The normalized spacial score (nSPS) is 21.8. The summed E-state index contributed by atoms with van der Waals surface area (Å²) in [6.45, 7) is 4.42. The standard InChI is InChI=1S/C24H37N3O4S/c1-30-14-15-31-18-23(28)25-21-8-4-20(5-9-21)24(29)26-22-6-2-19(3-7-22)10-11-27-12-16-32-17-13-27/h2-3,6-7,20-21H,4-5,8-18H2,1H3,(H,25,28)(H,26,29). The van der Waals surface area contributed by atoms with Crippen LogP contribution in [0.5, 0.6) is 0 Å². The molecule has 0 bridgehead atoms. The Bertz CT molecular complexity index is 702. The number of thioether (sulfide) groups is 1. The molecule has 0 spiro atoms. The van der Waals surface area contributed by atoms with Gasteiger partial charge in [0.2, 0.25) is 11.8 Å². The van der Waals surface area contributed by atoms with E-state index in [0.29, 0.717) is 13.2 Å². The Balaban J connectivity index is 1.33. The third-order valence-corrected chi connectivity index (χ3v) is 7.11. The summed E-state index contributed by atoms with van der Waals surface area (Å²) >= 11 is 2.04. The number of hydrogen-bond donors (Lipinski definition) is 2. The first-order valence-electron chi connectivity index (χ1n) is 11.7. The molecule has 178 valence electrons. The summed E-state index contributed by atoms with van der Waals surface area (Å²) in [7, 11) is 1.60. The van der Waals surface area contributed by atoms with Crippen molar-refractivity contribution in [2.45, 2.75) is 38.1 Å². The quantitative estimate of drug-likeness (QED) is 0.491. The van der Waals surface area contributed by atoms with E-state index in [1.807, 2.05) is 23.9 Å². The molecule has 0 radical (unpaired) electrons. The Labute approximate surface area is 196 Å². The first kappa shape index (κ1) is 25.0. The molecular weight excluding hydrogens is 426 g/mol. The summed E-state index contributed by atoms with van der Waals surface area (Å²) in [6, 6.07) is 8.38. The summed E-state index contributed by atoms with van der Waals surface area (Å²) in [6.07, 6.45) is 4.25. The number of nitrogens with zero attached hydrogens (tertiary/aromatic N) is 1. The number of anilines is 1.